The third-order valence-electron chi connectivity index (χ3n) is 7.29. The first-order valence-electron chi connectivity index (χ1n) is 12.7. The van der Waals surface area contributed by atoms with Crippen LogP contribution in [-0.2, 0) is 14.3 Å². The number of methoxy groups -OCH3 is 3. The highest BCUT2D eigenvalue weighted by molar-refractivity contribution is 6.30. The van der Waals surface area contributed by atoms with E-state index < -0.39 is 11.9 Å². The lowest BCUT2D eigenvalue weighted by atomic mass is 9.71. The molecule has 0 radical (unpaired) electrons. The second-order valence-electron chi connectivity index (χ2n) is 9.65. The van der Waals surface area contributed by atoms with E-state index in [2.05, 4.69) is 5.32 Å². The number of hydrogen-bond donors (Lipinski definition) is 1. The van der Waals surface area contributed by atoms with Gasteiger partial charge in [-0.3, -0.25) is 4.79 Å². The smallest absolute Gasteiger partial charge is 0.337 e. The summed E-state index contributed by atoms with van der Waals surface area (Å²) in [6, 6.07) is 11.2. The summed E-state index contributed by atoms with van der Waals surface area (Å²) < 4.78 is 22.5. The topological polar surface area (TPSA) is 83.1 Å². The van der Waals surface area contributed by atoms with E-state index in [0.29, 0.717) is 63.9 Å². The normalized spacial score (nSPS) is 19.9. The van der Waals surface area contributed by atoms with Crippen molar-refractivity contribution in [2.45, 2.75) is 58.0 Å². The van der Waals surface area contributed by atoms with E-state index >= 15 is 0 Å². The van der Waals surface area contributed by atoms with Crippen molar-refractivity contribution in [3.8, 4) is 17.2 Å². The standard InChI is InChI=1S/C30H34ClNO6/c1-7-16(2)38-30(34)26-17(3)32-22-12-19(18-8-10-21(31)11-9-18)13-23(33)28(22)27(26)20-14-24(35-4)29(37-6)25(15-20)36-5/h8-11,14-16,19,27,32H,7,12-13H2,1-6H3/t16-,19+,27-/m0/s1. The highest BCUT2D eigenvalue weighted by atomic mass is 35.5. The second kappa shape index (κ2) is 11.5. The number of nitrogens with one attached hydrogen (secondary N) is 1. The maximum atomic E-state index is 13.9. The van der Waals surface area contributed by atoms with Crippen molar-refractivity contribution >= 4 is 23.4 Å². The molecule has 1 aliphatic carbocycles. The third-order valence-corrected chi connectivity index (χ3v) is 7.54. The number of carbonyl (C=O) groups excluding carboxylic acids is 2. The summed E-state index contributed by atoms with van der Waals surface area (Å²) >= 11 is 6.09. The second-order valence-corrected chi connectivity index (χ2v) is 10.1. The number of carbonyl (C=O) groups is 2. The van der Waals surface area contributed by atoms with Crippen molar-refractivity contribution in [2.75, 3.05) is 21.3 Å². The largest absolute Gasteiger partial charge is 0.493 e. The van der Waals surface area contributed by atoms with Gasteiger partial charge >= 0.3 is 5.97 Å². The fraction of sp³-hybridized carbons (Fsp3) is 0.400. The number of ether oxygens (including phenoxy) is 4. The molecule has 4 rings (SSSR count). The molecule has 38 heavy (non-hydrogen) atoms. The molecule has 2 aliphatic rings. The first kappa shape index (κ1) is 27.6. The van der Waals surface area contributed by atoms with Crippen LogP contribution in [0.2, 0.25) is 5.02 Å². The van der Waals surface area contributed by atoms with Gasteiger partial charge in [0.15, 0.2) is 17.3 Å². The highest BCUT2D eigenvalue weighted by Crippen LogP contribution is 2.49. The fourth-order valence-electron chi connectivity index (χ4n) is 5.21. The van der Waals surface area contributed by atoms with Crippen LogP contribution >= 0.6 is 11.6 Å². The van der Waals surface area contributed by atoms with E-state index in [0.717, 1.165) is 11.3 Å². The third kappa shape index (κ3) is 5.25. The first-order chi connectivity index (χ1) is 18.2. The van der Waals surface area contributed by atoms with Crippen molar-refractivity contribution in [1.29, 1.82) is 0 Å². The Balaban J connectivity index is 1.87. The van der Waals surface area contributed by atoms with E-state index in [-0.39, 0.29) is 17.8 Å². The summed E-state index contributed by atoms with van der Waals surface area (Å²) in [5.74, 6) is 0.169. The zero-order chi connectivity index (χ0) is 27.6. The molecule has 3 atom stereocenters. The molecule has 0 unspecified atom stereocenters. The van der Waals surface area contributed by atoms with Crippen LogP contribution in [0.3, 0.4) is 0 Å². The number of halogens is 1. The van der Waals surface area contributed by atoms with Crippen LogP contribution in [0.1, 0.15) is 63.0 Å². The van der Waals surface area contributed by atoms with Crippen LogP contribution < -0.4 is 19.5 Å². The van der Waals surface area contributed by atoms with Gasteiger partial charge in [0.05, 0.1) is 33.0 Å². The van der Waals surface area contributed by atoms with E-state index in [9.17, 15) is 9.59 Å². The Morgan fingerprint density at radius 1 is 1.03 bits per heavy atom. The molecule has 1 N–H and O–H groups in total. The first-order valence-corrected chi connectivity index (χ1v) is 13.1. The van der Waals surface area contributed by atoms with Gasteiger partial charge in [0.2, 0.25) is 5.75 Å². The number of allylic oxidation sites excluding steroid dienone is 3. The van der Waals surface area contributed by atoms with Gasteiger partial charge in [-0.1, -0.05) is 30.7 Å². The Kier molecular flexibility index (Phi) is 8.36. The molecule has 0 saturated carbocycles. The molecule has 0 saturated heterocycles. The number of Topliss-reactive ketones (excluding diaryl/α,β-unsaturated/α-hetero) is 1. The number of esters is 1. The predicted octanol–water partition coefficient (Wildman–Crippen LogP) is 6.07. The molecule has 0 amide bonds. The molecule has 7 nitrogen and oxygen atoms in total. The predicted molar refractivity (Wildman–Crippen MR) is 146 cm³/mol. The molecular weight excluding hydrogens is 506 g/mol. The minimum Gasteiger partial charge on any atom is -0.493 e. The average Bonchev–Trinajstić information content (AvgIpc) is 2.91. The Morgan fingerprint density at radius 2 is 1.66 bits per heavy atom. The van der Waals surface area contributed by atoms with E-state index in [1.165, 1.54) is 21.3 Å². The SMILES string of the molecule is CC[C@H](C)OC(=O)C1=C(C)NC2=C(C(=O)C[C@H](c3ccc(Cl)cc3)C2)[C@H]1c1cc(OC)c(OC)c(OC)c1. The zero-order valence-electron chi connectivity index (χ0n) is 22.6. The van der Waals surface area contributed by atoms with Crippen LogP contribution in [0.5, 0.6) is 17.2 Å². The van der Waals surface area contributed by atoms with Crippen molar-refractivity contribution < 1.29 is 28.5 Å². The average molecular weight is 540 g/mol. The van der Waals surface area contributed by atoms with Gasteiger partial charge in [0, 0.05) is 34.3 Å². The van der Waals surface area contributed by atoms with E-state index in [1.54, 1.807) is 12.1 Å². The van der Waals surface area contributed by atoms with Crippen molar-refractivity contribution in [3.63, 3.8) is 0 Å². The molecule has 1 heterocycles. The van der Waals surface area contributed by atoms with Gasteiger partial charge in [0.25, 0.3) is 0 Å². The van der Waals surface area contributed by atoms with Gasteiger partial charge in [-0.25, -0.2) is 4.79 Å². The Morgan fingerprint density at radius 3 is 2.21 bits per heavy atom. The van der Waals surface area contributed by atoms with E-state index in [4.69, 9.17) is 30.5 Å². The molecule has 8 heteroatoms. The van der Waals surface area contributed by atoms with Crippen LogP contribution in [0, 0.1) is 0 Å². The quantitative estimate of drug-likeness (QED) is 0.408. The van der Waals surface area contributed by atoms with Crippen molar-refractivity contribution in [3.05, 3.63) is 75.1 Å². The minimum absolute atomic E-state index is 0.00646. The number of ketones is 1. The van der Waals surface area contributed by atoms with Crippen molar-refractivity contribution in [1.82, 2.24) is 5.32 Å². The van der Waals surface area contributed by atoms with Gasteiger partial charge in [-0.05, 0) is 68.0 Å². The molecule has 2 aromatic carbocycles. The molecular formula is C30H34ClNO6. The monoisotopic (exact) mass is 539 g/mol. The van der Waals surface area contributed by atoms with Gasteiger partial charge in [-0.2, -0.15) is 0 Å². The zero-order valence-corrected chi connectivity index (χ0v) is 23.4. The molecule has 0 spiro atoms. The molecule has 0 fully saturated rings. The van der Waals surface area contributed by atoms with Gasteiger partial charge in [0.1, 0.15) is 0 Å². The molecule has 1 aliphatic heterocycles. The summed E-state index contributed by atoms with van der Waals surface area (Å²) in [7, 11) is 4.61. The summed E-state index contributed by atoms with van der Waals surface area (Å²) in [5.41, 5.74) is 4.15. The molecule has 0 bridgehead atoms. The van der Waals surface area contributed by atoms with Crippen LogP contribution in [-0.4, -0.2) is 39.2 Å². The highest BCUT2D eigenvalue weighted by Gasteiger charge is 2.42. The Bertz CT molecular complexity index is 1270. The molecule has 202 valence electrons. The lowest BCUT2D eigenvalue weighted by Crippen LogP contribution is -2.36. The number of hydrogen-bond acceptors (Lipinski definition) is 7. The maximum Gasteiger partial charge on any atom is 0.337 e. The number of rotatable bonds is 8. The molecule has 2 aromatic rings. The van der Waals surface area contributed by atoms with Gasteiger partial charge < -0.3 is 24.3 Å². The Labute approximate surface area is 228 Å². The van der Waals surface area contributed by atoms with E-state index in [1.807, 2.05) is 45.0 Å². The maximum absolute atomic E-state index is 13.9. The Hall–Kier alpha value is -3.45. The van der Waals surface area contributed by atoms with Gasteiger partial charge in [-0.15, -0.1) is 0 Å². The fourth-order valence-corrected chi connectivity index (χ4v) is 5.34. The van der Waals surface area contributed by atoms with Crippen molar-refractivity contribution in [2.24, 2.45) is 0 Å². The summed E-state index contributed by atoms with van der Waals surface area (Å²) in [5, 5.41) is 4.04. The minimum atomic E-state index is -0.657. The summed E-state index contributed by atoms with van der Waals surface area (Å²) in [6.45, 7) is 5.65. The van der Waals surface area contributed by atoms with Crippen LogP contribution in [0.25, 0.3) is 0 Å². The summed E-state index contributed by atoms with van der Waals surface area (Å²) in [4.78, 5) is 27.4. The lowest BCUT2D eigenvalue weighted by Gasteiger charge is -2.37. The molecule has 0 aromatic heterocycles. The lowest BCUT2D eigenvalue weighted by molar-refractivity contribution is -0.144. The number of dihydropyridines is 1. The summed E-state index contributed by atoms with van der Waals surface area (Å²) in [6.07, 6.45) is 1.34. The number of benzene rings is 2. The van der Waals surface area contributed by atoms with Crippen LogP contribution in [0.4, 0.5) is 0 Å². The van der Waals surface area contributed by atoms with Crippen LogP contribution in [0.15, 0.2) is 58.9 Å².